The van der Waals surface area contributed by atoms with Crippen molar-refractivity contribution in [3.05, 3.63) is 18.3 Å². The third-order valence-corrected chi connectivity index (χ3v) is 3.87. The summed E-state index contributed by atoms with van der Waals surface area (Å²) in [4.78, 5) is 6.81. The molecule has 1 aliphatic heterocycles. The van der Waals surface area contributed by atoms with Crippen LogP contribution in [0, 0.1) is 11.8 Å². The molecule has 0 aromatic carbocycles. The lowest BCUT2D eigenvalue weighted by Crippen LogP contribution is -2.38. The molecule has 4 heteroatoms. The predicted octanol–water partition coefficient (Wildman–Crippen LogP) is 2.55. The molecular formula is C16H27N3O. The number of pyridine rings is 1. The number of methoxy groups -OCH3 is 1. The number of ether oxygens (including phenoxy) is 1. The van der Waals surface area contributed by atoms with Gasteiger partial charge in [0.1, 0.15) is 0 Å². The van der Waals surface area contributed by atoms with Crippen LogP contribution in [0.1, 0.15) is 26.7 Å². The Bertz CT molecular complexity index is 400. The van der Waals surface area contributed by atoms with E-state index in [2.05, 4.69) is 29.0 Å². The van der Waals surface area contributed by atoms with E-state index in [1.165, 1.54) is 12.8 Å². The summed E-state index contributed by atoms with van der Waals surface area (Å²) in [5.41, 5.74) is 0. The molecule has 0 radical (unpaired) electrons. The van der Waals surface area contributed by atoms with Gasteiger partial charge in [-0.2, -0.15) is 0 Å². The number of anilines is 1. The summed E-state index contributed by atoms with van der Waals surface area (Å²) in [7, 11) is 1.71. The van der Waals surface area contributed by atoms with Crippen LogP contribution in [0.2, 0.25) is 0 Å². The van der Waals surface area contributed by atoms with Crippen LogP contribution in [0.5, 0.6) is 5.75 Å². The van der Waals surface area contributed by atoms with Gasteiger partial charge in [-0.1, -0.05) is 13.8 Å². The average molecular weight is 277 g/mol. The molecule has 112 valence electrons. The number of nitrogens with one attached hydrogen (secondary N) is 1. The van der Waals surface area contributed by atoms with Crippen LogP contribution in [0.15, 0.2) is 18.3 Å². The van der Waals surface area contributed by atoms with Crippen LogP contribution in [-0.4, -0.2) is 38.3 Å². The predicted molar refractivity (Wildman–Crippen MR) is 83.4 cm³/mol. The maximum Gasteiger partial charge on any atom is 0.171 e. The van der Waals surface area contributed by atoms with Crippen molar-refractivity contribution in [3.8, 4) is 5.75 Å². The Kier molecular flexibility index (Phi) is 5.65. The maximum atomic E-state index is 5.40. The van der Waals surface area contributed by atoms with Crippen molar-refractivity contribution in [2.45, 2.75) is 26.7 Å². The molecule has 20 heavy (non-hydrogen) atoms. The molecule has 0 bridgehead atoms. The molecule has 0 aliphatic carbocycles. The molecule has 4 nitrogen and oxygen atoms in total. The van der Waals surface area contributed by atoms with Gasteiger partial charge in [0, 0.05) is 19.3 Å². The van der Waals surface area contributed by atoms with Crippen LogP contribution < -0.4 is 15.0 Å². The van der Waals surface area contributed by atoms with Crippen molar-refractivity contribution in [3.63, 3.8) is 0 Å². The van der Waals surface area contributed by atoms with Crippen LogP contribution in [-0.2, 0) is 0 Å². The highest BCUT2D eigenvalue weighted by Crippen LogP contribution is 2.28. The van der Waals surface area contributed by atoms with Gasteiger partial charge in [-0.25, -0.2) is 4.98 Å². The summed E-state index contributed by atoms with van der Waals surface area (Å²) < 4.78 is 5.40. The summed E-state index contributed by atoms with van der Waals surface area (Å²) >= 11 is 0. The van der Waals surface area contributed by atoms with Gasteiger partial charge in [0.15, 0.2) is 11.6 Å². The van der Waals surface area contributed by atoms with Gasteiger partial charge in [0.25, 0.3) is 0 Å². The fourth-order valence-corrected chi connectivity index (χ4v) is 2.70. The second-order valence-corrected chi connectivity index (χ2v) is 6.01. The minimum Gasteiger partial charge on any atom is -0.493 e. The summed E-state index contributed by atoms with van der Waals surface area (Å²) in [6.45, 7) is 8.91. The largest absolute Gasteiger partial charge is 0.493 e. The van der Waals surface area contributed by atoms with E-state index >= 15 is 0 Å². The Balaban J connectivity index is 1.82. The minimum absolute atomic E-state index is 0.730. The molecule has 1 N–H and O–H groups in total. The van der Waals surface area contributed by atoms with Gasteiger partial charge in [-0.05, 0) is 49.9 Å². The zero-order chi connectivity index (χ0) is 14.4. The molecule has 1 aliphatic rings. The summed E-state index contributed by atoms with van der Waals surface area (Å²) in [6, 6.07) is 3.91. The molecule has 0 saturated carbocycles. The average Bonchev–Trinajstić information content (AvgIpc) is 2.47. The number of hydrogen-bond acceptors (Lipinski definition) is 4. The van der Waals surface area contributed by atoms with E-state index in [-0.39, 0.29) is 0 Å². The van der Waals surface area contributed by atoms with E-state index in [4.69, 9.17) is 4.74 Å². The fourth-order valence-electron chi connectivity index (χ4n) is 2.70. The zero-order valence-electron chi connectivity index (χ0n) is 12.9. The number of nitrogens with zero attached hydrogens (tertiary/aromatic N) is 2. The molecule has 0 unspecified atom stereocenters. The van der Waals surface area contributed by atoms with Crippen LogP contribution in [0.25, 0.3) is 0 Å². The van der Waals surface area contributed by atoms with E-state index in [0.29, 0.717) is 0 Å². The molecule has 1 aromatic heterocycles. The first-order chi connectivity index (χ1) is 9.70. The Morgan fingerprint density at radius 3 is 2.80 bits per heavy atom. The molecule has 1 saturated heterocycles. The topological polar surface area (TPSA) is 37.4 Å². The lowest BCUT2D eigenvalue weighted by Gasteiger charge is -2.33. The van der Waals surface area contributed by atoms with Crippen molar-refractivity contribution >= 4 is 5.82 Å². The molecular weight excluding hydrogens is 250 g/mol. The molecule has 0 atom stereocenters. The van der Waals surface area contributed by atoms with Gasteiger partial charge in [-0.15, -0.1) is 0 Å². The second kappa shape index (κ2) is 7.48. The van der Waals surface area contributed by atoms with E-state index < -0.39 is 0 Å². The molecule has 0 spiro atoms. The summed E-state index contributed by atoms with van der Waals surface area (Å²) in [6.07, 6.45) is 4.30. The van der Waals surface area contributed by atoms with Gasteiger partial charge >= 0.3 is 0 Å². The highest BCUT2D eigenvalue weighted by molar-refractivity contribution is 5.52. The van der Waals surface area contributed by atoms with Crippen LogP contribution >= 0.6 is 0 Å². The monoisotopic (exact) mass is 277 g/mol. The molecule has 2 rings (SSSR count). The lowest BCUT2D eigenvalue weighted by molar-refractivity contribution is 0.367. The Morgan fingerprint density at radius 2 is 2.15 bits per heavy atom. The SMILES string of the molecule is COc1cccnc1N1CCC(CNCC(C)C)CC1. The molecule has 1 aromatic rings. The van der Waals surface area contributed by atoms with Crippen molar-refractivity contribution in [1.82, 2.24) is 10.3 Å². The van der Waals surface area contributed by atoms with Crippen molar-refractivity contribution in [1.29, 1.82) is 0 Å². The lowest BCUT2D eigenvalue weighted by atomic mass is 9.96. The van der Waals surface area contributed by atoms with Crippen molar-refractivity contribution in [2.24, 2.45) is 11.8 Å². The molecule has 1 fully saturated rings. The highest BCUT2D eigenvalue weighted by atomic mass is 16.5. The normalized spacial score (nSPS) is 16.7. The first-order valence-corrected chi connectivity index (χ1v) is 7.65. The van der Waals surface area contributed by atoms with Crippen molar-refractivity contribution < 1.29 is 4.74 Å². The standard InChI is InChI=1S/C16H27N3O/c1-13(2)11-17-12-14-6-9-19(10-7-14)16-15(20-3)5-4-8-18-16/h4-5,8,13-14,17H,6-7,9-12H2,1-3H3. The fraction of sp³-hybridized carbons (Fsp3) is 0.688. The highest BCUT2D eigenvalue weighted by Gasteiger charge is 2.21. The summed E-state index contributed by atoms with van der Waals surface area (Å²) in [5, 5.41) is 3.57. The van der Waals surface area contributed by atoms with Gasteiger partial charge in [0.05, 0.1) is 7.11 Å². The Hall–Kier alpha value is -1.29. The molecule has 2 heterocycles. The smallest absolute Gasteiger partial charge is 0.171 e. The summed E-state index contributed by atoms with van der Waals surface area (Å²) in [5.74, 6) is 3.39. The van der Waals surface area contributed by atoms with E-state index in [0.717, 1.165) is 49.6 Å². The van der Waals surface area contributed by atoms with E-state index in [1.807, 2.05) is 18.3 Å². The Labute approximate surface area is 122 Å². The van der Waals surface area contributed by atoms with Crippen LogP contribution in [0.3, 0.4) is 0 Å². The van der Waals surface area contributed by atoms with Gasteiger partial charge < -0.3 is 15.0 Å². The first kappa shape index (κ1) is 15.1. The van der Waals surface area contributed by atoms with E-state index in [1.54, 1.807) is 7.11 Å². The Morgan fingerprint density at radius 1 is 1.40 bits per heavy atom. The number of aromatic nitrogens is 1. The second-order valence-electron chi connectivity index (χ2n) is 6.01. The maximum absolute atomic E-state index is 5.40. The zero-order valence-corrected chi connectivity index (χ0v) is 12.9. The van der Waals surface area contributed by atoms with Gasteiger partial charge in [-0.3, -0.25) is 0 Å². The number of piperidine rings is 1. The minimum atomic E-state index is 0.730. The number of hydrogen-bond donors (Lipinski definition) is 1. The first-order valence-electron chi connectivity index (χ1n) is 7.65. The van der Waals surface area contributed by atoms with Crippen molar-refractivity contribution in [2.75, 3.05) is 38.2 Å². The van der Waals surface area contributed by atoms with Gasteiger partial charge in [0.2, 0.25) is 0 Å². The third-order valence-electron chi connectivity index (χ3n) is 3.87. The van der Waals surface area contributed by atoms with E-state index in [9.17, 15) is 0 Å². The third kappa shape index (κ3) is 4.10. The quantitative estimate of drug-likeness (QED) is 0.867. The number of rotatable bonds is 6. The molecule has 0 amide bonds. The van der Waals surface area contributed by atoms with Crippen LogP contribution in [0.4, 0.5) is 5.82 Å².